The van der Waals surface area contributed by atoms with Gasteiger partial charge in [-0.2, -0.15) is 0 Å². The van der Waals surface area contributed by atoms with Crippen molar-refractivity contribution in [1.29, 1.82) is 0 Å². The van der Waals surface area contributed by atoms with Crippen LogP contribution in [0.3, 0.4) is 0 Å². The monoisotopic (exact) mass is 235 g/mol. The summed E-state index contributed by atoms with van der Waals surface area (Å²) in [5.74, 6) is -0.179. The second-order valence-corrected chi connectivity index (χ2v) is 4.06. The molecule has 1 atom stereocenters. The van der Waals surface area contributed by atoms with Crippen LogP contribution in [0.4, 0.5) is 5.69 Å². The average molecular weight is 235 g/mol. The van der Waals surface area contributed by atoms with Crippen LogP contribution in [0.5, 0.6) is 0 Å². The highest BCUT2D eigenvalue weighted by atomic mass is 16.6. The molecular formula is C11H13N3O3. The summed E-state index contributed by atoms with van der Waals surface area (Å²) in [6.07, 6.45) is 0.308. The number of benzene rings is 1. The fourth-order valence-electron chi connectivity index (χ4n) is 2.04. The first-order valence-corrected chi connectivity index (χ1v) is 5.35. The lowest BCUT2D eigenvalue weighted by molar-refractivity contribution is -0.385. The second kappa shape index (κ2) is 4.50. The van der Waals surface area contributed by atoms with E-state index in [2.05, 4.69) is 5.32 Å². The van der Waals surface area contributed by atoms with Gasteiger partial charge in [0.1, 0.15) is 0 Å². The number of nitrogens with zero attached hydrogens (tertiary/aromatic N) is 1. The van der Waals surface area contributed by atoms with Crippen molar-refractivity contribution < 1.29 is 9.72 Å². The highest BCUT2D eigenvalue weighted by Crippen LogP contribution is 2.31. The van der Waals surface area contributed by atoms with E-state index in [9.17, 15) is 14.9 Å². The van der Waals surface area contributed by atoms with Gasteiger partial charge in [-0.25, -0.2) is 0 Å². The van der Waals surface area contributed by atoms with Crippen LogP contribution in [0.15, 0.2) is 18.2 Å². The molecule has 1 amide bonds. The molecule has 17 heavy (non-hydrogen) atoms. The van der Waals surface area contributed by atoms with E-state index in [0.717, 1.165) is 5.56 Å². The molecule has 1 fully saturated rings. The zero-order chi connectivity index (χ0) is 12.4. The molecule has 3 N–H and O–H groups in total. The van der Waals surface area contributed by atoms with Crippen LogP contribution in [0.1, 0.15) is 23.5 Å². The maximum atomic E-state index is 11.1. The van der Waals surface area contributed by atoms with Gasteiger partial charge in [0.25, 0.3) is 5.69 Å². The average Bonchev–Trinajstić information content (AvgIpc) is 2.75. The number of hydrogen-bond acceptors (Lipinski definition) is 4. The summed E-state index contributed by atoms with van der Waals surface area (Å²) in [6.45, 7) is 0.727. The number of carbonyl (C=O) groups excluding carboxylic acids is 1. The third kappa shape index (κ3) is 2.26. The zero-order valence-corrected chi connectivity index (χ0v) is 9.18. The maximum absolute atomic E-state index is 11.1. The fourth-order valence-corrected chi connectivity index (χ4v) is 2.04. The Morgan fingerprint density at radius 3 is 2.82 bits per heavy atom. The quantitative estimate of drug-likeness (QED) is 0.593. The Morgan fingerprint density at radius 1 is 1.53 bits per heavy atom. The molecule has 6 heteroatoms. The summed E-state index contributed by atoms with van der Waals surface area (Å²) in [4.78, 5) is 21.7. The van der Waals surface area contributed by atoms with E-state index < -0.39 is 4.92 Å². The summed E-state index contributed by atoms with van der Waals surface area (Å²) in [5.41, 5.74) is 6.83. The minimum absolute atomic E-state index is 0.0504. The Kier molecular flexibility index (Phi) is 3.06. The van der Waals surface area contributed by atoms with Crippen molar-refractivity contribution in [2.24, 2.45) is 5.73 Å². The largest absolute Gasteiger partial charge is 0.355 e. The van der Waals surface area contributed by atoms with E-state index in [1.165, 1.54) is 6.07 Å². The molecule has 0 aliphatic carbocycles. The zero-order valence-electron chi connectivity index (χ0n) is 9.18. The van der Waals surface area contributed by atoms with Crippen molar-refractivity contribution in [1.82, 2.24) is 5.32 Å². The van der Waals surface area contributed by atoms with E-state index in [4.69, 9.17) is 5.73 Å². The molecule has 90 valence electrons. The van der Waals surface area contributed by atoms with Gasteiger partial charge < -0.3 is 11.1 Å². The first-order valence-electron chi connectivity index (χ1n) is 5.35. The number of carbonyl (C=O) groups is 1. The molecule has 0 saturated carbocycles. The Balaban J connectivity index is 2.39. The van der Waals surface area contributed by atoms with Crippen LogP contribution in [0.25, 0.3) is 0 Å². The van der Waals surface area contributed by atoms with Gasteiger partial charge in [-0.3, -0.25) is 14.9 Å². The standard InChI is InChI=1S/C11H13N3O3/c12-5-7-1-2-9(10(3-7)14(16)17)8-4-11(15)13-6-8/h1-3,8H,4-6,12H2,(H,13,15). The summed E-state index contributed by atoms with van der Waals surface area (Å²) in [6, 6.07) is 4.95. The molecular weight excluding hydrogens is 222 g/mol. The number of nitro groups is 1. The van der Waals surface area contributed by atoms with Crippen LogP contribution in [0.2, 0.25) is 0 Å². The topological polar surface area (TPSA) is 98.3 Å². The summed E-state index contributed by atoms with van der Waals surface area (Å²) >= 11 is 0. The van der Waals surface area contributed by atoms with Gasteiger partial charge in [-0.15, -0.1) is 0 Å². The first-order chi connectivity index (χ1) is 8.11. The Morgan fingerprint density at radius 2 is 2.29 bits per heavy atom. The predicted octanol–water partition coefficient (Wildman–Crippen LogP) is 0.657. The first kappa shape index (κ1) is 11.5. The van der Waals surface area contributed by atoms with Crippen LogP contribution in [-0.4, -0.2) is 17.4 Å². The molecule has 0 radical (unpaired) electrons. The third-order valence-electron chi connectivity index (χ3n) is 2.94. The van der Waals surface area contributed by atoms with E-state index in [1.807, 2.05) is 0 Å². The number of amides is 1. The minimum Gasteiger partial charge on any atom is -0.355 e. The number of nitrogens with one attached hydrogen (secondary N) is 1. The van der Waals surface area contributed by atoms with E-state index >= 15 is 0 Å². The molecule has 1 aliphatic heterocycles. The number of nitro benzene ring substituents is 1. The maximum Gasteiger partial charge on any atom is 0.273 e. The lowest BCUT2D eigenvalue weighted by atomic mass is 9.95. The summed E-state index contributed by atoms with van der Waals surface area (Å²) in [5, 5.41) is 13.7. The molecule has 1 aromatic carbocycles. The lowest BCUT2D eigenvalue weighted by Crippen LogP contribution is -2.13. The van der Waals surface area contributed by atoms with Gasteiger partial charge >= 0.3 is 0 Å². The Labute approximate surface area is 98.0 Å². The van der Waals surface area contributed by atoms with Crippen LogP contribution in [-0.2, 0) is 11.3 Å². The normalized spacial score (nSPS) is 19.1. The SMILES string of the molecule is NCc1ccc(C2CNC(=O)C2)c([N+](=O)[O-])c1. The van der Waals surface area contributed by atoms with Gasteiger partial charge in [0.15, 0.2) is 0 Å². The van der Waals surface area contributed by atoms with Crippen molar-refractivity contribution in [2.75, 3.05) is 6.54 Å². The minimum atomic E-state index is -0.419. The number of rotatable bonds is 3. The van der Waals surface area contributed by atoms with Crippen LogP contribution >= 0.6 is 0 Å². The molecule has 2 rings (SSSR count). The van der Waals surface area contributed by atoms with E-state index in [0.29, 0.717) is 18.5 Å². The lowest BCUT2D eigenvalue weighted by Gasteiger charge is -2.09. The number of hydrogen-bond donors (Lipinski definition) is 2. The Bertz CT molecular complexity index is 473. The van der Waals surface area contributed by atoms with E-state index in [1.54, 1.807) is 12.1 Å². The molecule has 1 unspecified atom stereocenters. The van der Waals surface area contributed by atoms with Gasteiger partial charge in [-0.05, 0) is 5.56 Å². The fraction of sp³-hybridized carbons (Fsp3) is 0.364. The van der Waals surface area contributed by atoms with Gasteiger partial charge in [0.05, 0.1) is 4.92 Å². The smallest absolute Gasteiger partial charge is 0.273 e. The summed E-state index contributed by atoms with van der Waals surface area (Å²) in [7, 11) is 0. The van der Waals surface area contributed by atoms with E-state index in [-0.39, 0.29) is 24.1 Å². The molecule has 1 aliphatic rings. The second-order valence-electron chi connectivity index (χ2n) is 4.06. The summed E-state index contributed by atoms with van der Waals surface area (Å²) < 4.78 is 0. The van der Waals surface area contributed by atoms with Crippen molar-refractivity contribution in [3.05, 3.63) is 39.4 Å². The molecule has 0 bridgehead atoms. The number of nitrogens with two attached hydrogens (primary N) is 1. The van der Waals surface area contributed by atoms with Crippen molar-refractivity contribution in [3.63, 3.8) is 0 Å². The van der Waals surface area contributed by atoms with Crippen molar-refractivity contribution in [2.45, 2.75) is 18.9 Å². The molecule has 1 heterocycles. The molecule has 1 aromatic rings. The molecule has 6 nitrogen and oxygen atoms in total. The van der Waals surface area contributed by atoms with Crippen LogP contribution in [0, 0.1) is 10.1 Å². The predicted molar refractivity (Wildman–Crippen MR) is 61.4 cm³/mol. The molecule has 0 aromatic heterocycles. The molecule has 1 saturated heterocycles. The third-order valence-corrected chi connectivity index (χ3v) is 2.94. The van der Waals surface area contributed by atoms with Crippen LogP contribution < -0.4 is 11.1 Å². The highest BCUT2D eigenvalue weighted by molar-refractivity contribution is 5.79. The Hall–Kier alpha value is -1.95. The van der Waals surface area contributed by atoms with Gasteiger partial charge in [0, 0.05) is 37.1 Å². The van der Waals surface area contributed by atoms with Gasteiger partial charge in [-0.1, -0.05) is 12.1 Å². The van der Waals surface area contributed by atoms with Crippen molar-refractivity contribution in [3.8, 4) is 0 Å². The van der Waals surface area contributed by atoms with Gasteiger partial charge in [0.2, 0.25) is 5.91 Å². The highest BCUT2D eigenvalue weighted by Gasteiger charge is 2.28. The molecule has 0 spiro atoms. The van der Waals surface area contributed by atoms with Crippen molar-refractivity contribution >= 4 is 11.6 Å².